The van der Waals surface area contributed by atoms with Crippen molar-refractivity contribution in [3.05, 3.63) is 0 Å². The van der Waals surface area contributed by atoms with Gasteiger partial charge in [-0.2, -0.15) is 0 Å². The predicted octanol–water partition coefficient (Wildman–Crippen LogP) is -3.02. The quantitative estimate of drug-likeness (QED) is 0.268. The van der Waals surface area contributed by atoms with Crippen LogP contribution in [0.4, 0.5) is 0 Å². The third kappa shape index (κ3) is 93.8. The zero-order valence-corrected chi connectivity index (χ0v) is 10.2. The number of hydrogen-bond acceptors (Lipinski definition) is 6. The minimum absolute atomic E-state index is 0. The van der Waals surface area contributed by atoms with Crippen LogP contribution in [0.5, 0.6) is 0 Å². The van der Waals surface area contributed by atoms with Gasteiger partial charge in [0.25, 0.3) is 15.6 Å². The molecule has 0 aromatic carbocycles. The van der Waals surface area contributed by atoms with E-state index in [1.807, 2.05) is 0 Å². The van der Waals surface area contributed by atoms with Gasteiger partial charge in [0.05, 0.1) is 6.54 Å². The molecule has 0 bridgehead atoms. The molecule has 16 heavy (non-hydrogen) atoms. The molecule has 0 amide bonds. The van der Waals surface area contributed by atoms with Crippen LogP contribution in [0, 0.1) is 0 Å². The molecule has 4 N–H and O–H groups in total. The second-order valence-electron chi connectivity index (χ2n) is 1.79. The molecule has 98 valence electrons. The molecule has 1 aliphatic rings. The number of phosphoric acid groups is 2. The topological polar surface area (TPSA) is 186 Å². The van der Waals surface area contributed by atoms with E-state index in [1.165, 1.54) is 0 Å². The third-order valence-electron chi connectivity index (χ3n) is 0.441. The van der Waals surface area contributed by atoms with Crippen LogP contribution in [0.1, 0.15) is 0 Å². The molecule has 0 saturated heterocycles. The molecule has 0 radical (unpaired) electrons. The number of aliphatic imine (C=N–C) groups is 2. The Morgan fingerprint density at radius 1 is 1.06 bits per heavy atom. The van der Waals surface area contributed by atoms with Crippen molar-refractivity contribution in [1.29, 1.82) is 0 Å². The second-order valence-corrected chi connectivity index (χ2v) is 3.76. The summed E-state index contributed by atoms with van der Waals surface area (Å²) in [4.78, 5) is 53.2. The van der Waals surface area contributed by atoms with Crippen LogP contribution in [-0.2, 0) is 25.6 Å². The molecule has 0 fully saturated rings. The van der Waals surface area contributed by atoms with Gasteiger partial charge in [0, 0.05) is 6.21 Å². The van der Waals surface area contributed by atoms with Gasteiger partial charge in [-0.3, -0.25) is 14.1 Å². The third-order valence-corrected chi connectivity index (χ3v) is 0.441. The maximum Gasteiger partial charge on any atom is 2.00 e. The van der Waals surface area contributed by atoms with E-state index in [-0.39, 0.29) is 16.5 Å². The van der Waals surface area contributed by atoms with Crippen molar-refractivity contribution in [3.63, 3.8) is 0 Å². The average molecular weight is 321 g/mol. The van der Waals surface area contributed by atoms with Gasteiger partial charge in [-0.1, -0.05) is 0 Å². The maximum absolute atomic E-state index is 8.77. The van der Waals surface area contributed by atoms with Crippen LogP contribution >= 0.6 is 15.6 Å². The van der Waals surface area contributed by atoms with Gasteiger partial charge in [-0.25, -0.2) is 4.99 Å². The average Bonchev–Trinajstić information content (AvgIpc) is 2.28. The Morgan fingerprint density at radius 2 is 1.38 bits per heavy atom. The minimum Gasteiger partial charge on any atom is -0.756 e. The number of rotatable bonds is 0. The summed E-state index contributed by atoms with van der Waals surface area (Å²) in [5.74, 6) is 0. The zero-order chi connectivity index (χ0) is 12.5. The second kappa shape index (κ2) is 10.2. The minimum atomic E-state index is -4.89. The summed E-state index contributed by atoms with van der Waals surface area (Å²) in [6.45, 7) is 0.778. The first-order chi connectivity index (χ1) is 6.50. The Morgan fingerprint density at radius 3 is 1.44 bits per heavy atom. The van der Waals surface area contributed by atoms with E-state index >= 15 is 0 Å². The molecular weight excluding hydrogens is 313 g/mol. The van der Waals surface area contributed by atoms with Crippen LogP contribution in [0.2, 0.25) is 0 Å². The fraction of sp³-hybridized carbons (Fsp3) is 0.333. The summed E-state index contributed by atoms with van der Waals surface area (Å²) in [6, 6.07) is 0. The van der Waals surface area contributed by atoms with Gasteiger partial charge in [0.15, 0.2) is 0 Å². The van der Waals surface area contributed by atoms with E-state index in [1.54, 1.807) is 12.6 Å². The van der Waals surface area contributed by atoms with Crippen LogP contribution in [-0.4, -0.2) is 38.7 Å². The van der Waals surface area contributed by atoms with Crippen molar-refractivity contribution in [2.45, 2.75) is 0 Å². The van der Waals surface area contributed by atoms with Crippen molar-refractivity contribution in [2.75, 3.05) is 6.54 Å². The first-order valence-electron chi connectivity index (χ1n) is 3.03. The fourth-order valence-electron chi connectivity index (χ4n) is 0.236. The maximum atomic E-state index is 8.77. The molecule has 1 rings (SSSR count). The molecule has 0 unspecified atom stereocenters. The fourth-order valence-corrected chi connectivity index (χ4v) is 0.236. The summed E-state index contributed by atoms with van der Waals surface area (Å²) in [6.07, 6.45) is 3.32. The Hall–Kier alpha value is 0.0535. The molecule has 1 heterocycles. The standard InChI is InChI=1S/C3H4N2.Ni.2H3O4P/c1-2-5-3-4-1;;2*1-5(2,3)4/h1,3H,2H2;;2*(H3,1,2,3,4)/q;+2;;/p-2. The van der Waals surface area contributed by atoms with E-state index < -0.39 is 15.6 Å². The van der Waals surface area contributed by atoms with Gasteiger partial charge < -0.3 is 29.4 Å². The molecule has 1 aliphatic heterocycles. The summed E-state index contributed by atoms with van der Waals surface area (Å²) < 4.78 is 17.5. The molecule has 0 aromatic heterocycles. The van der Waals surface area contributed by atoms with E-state index in [4.69, 9.17) is 38.5 Å². The van der Waals surface area contributed by atoms with Crippen molar-refractivity contribution in [2.24, 2.45) is 9.98 Å². The summed E-state index contributed by atoms with van der Waals surface area (Å²) >= 11 is 0. The van der Waals surface area contributed by atoms with Crippen molar-refractivity contribution in [1.82, 2.24) is 0 Å². The smallest absolute Gasteiger partial charge is 0.756 e. The van der Waals surface area contributed by atoms with Crippen LogP contribution in [0.3, 0.4) is 0 Å². The van der Waals surface area contributed by atoms with Crippen molar-refractivity contribution < 1.29 is 55.0 Å². The van der Waals surface area contributed by atoms with Crippen LogP contribution in [0.25, 0.3) is 0 Å². The summed E-state index contributed by atoms with van der Waals surface area (Å²) in [5.41, 5.74) is 0. The first kappa shape index (κ1) is 21.3. The molecule has 0 aromatic rings. The van der Waals surface area contributed by atoms with E-state index in [9.17, 15) is 0 Å². The van der Waals surface area contributed by atoms with Crippen LogP contribution < -0.4 is 9.79 Å². The van der Waals surface area contributed by atoms with Crippen LogP contribution in [0.15, 0.2) is 9.98 Å². The molecule has 0 aliphatic carbocycles. The van der Waals surface area contributed by atoms with Crippen molar-refractivity contribution >= 4 is 28.2 Å². The van der Waals surface area contributed by atoms with Gasteiger partial charge in [-0.05, 0) is 0 Å². The SMILES string of the molecule is C1=NC=NC1.O=P([O-])(O)O.O=P([O-])(O)O.[Ni+2]. The Kier molecular flexibility index (Phi) is 13.6. The first-order valence-corrected chi connectivity index (χ1v) is 6.09. The predicted molar refractivity (Wildman–Crippen MR) is 45.9 cm³/mol. The van der Waals surface area contributed by atoms with Gasteiger partial charge >= 0.3 is 16.5 Å². The Labute approximate surface area is 100 Å². The molecule has 0 saturated carbocycles. The van der Waals surface area contributed by atoms with Gasteiger partial charge in [0.2, 0.25) is 0 Å². The molecule has 10 nitrogen and oxygen atoms in total. The molecule has 13 heteroatoms. The van der Waals surface area contributed by atoms with Gasteiger partial charge in [-0.15, -0.1) is 0 Å². The Bertz CT molecular complexity index is 260. The largest absolute Gasteiger partial charge is 2.00 e. The summed E-state index contributed by atoms with van der Waals surface area (Å²) in [7, 11) is -9.78. The monoisotopic (exact) mass is 320 g/mol. The summed E-state index contributed by atoms with van der Waals surface area (Å²) in [5, 5.41) is 0. The zero-order valence-electron chi connectivity index (χ0n) is 7.39. The normalized spacial score (nSPS) is 12.9. The molecule has 0 atom stereocenters. The van der Waals surface area contributed by atoms with Gasteiger partial charge in [0.1, 0.15) is 6.34 Å². The number of nitrogens with zero attached hydrogens (tertiary/aromatic N) is 2. The molecular formula is C3H8N2NiO8P2. The number of hydrogen-bond donors (Lipinski definition) is 4. The van der Waals surface area contributed by atoms with E-state index in [2.05, 4.69) is 9.98 Å². The Balaban J connectivity index is -0.000000154. The van der Waals surface area contributed by atoms with Crippen molar-refractivity contribution in [3.8, 4) is 0 Å². The molecule has 0 spiro atoms. The van der Waals surface area contributed by atoms with E-state index in [0.717, 1.165) is 6.54 Å². The van der Waals surface area contributed by atoms with E-state index in [0.29, 0.717) is 0 Å².